The molecule has 2 rings (SSSR count). The lowest BCUT2D eigenvalue weighted by molar-refractivity contribution is 0.347. The van der Waals surface area contributed by atoms with Crippen molar-refractivity contribution in [1.82, 2.24) is 4.98 Å². The van der Waals surface area contributed by atoms with Gasteiger partial charge in [0.15, 0.2) is 0 Å². The molecule has 0 bridgehead atoms. The first kappa shape index (κ1) is 13.6. The van der Waals surface area contributed by atoms with Crippen molar-refractivity contribution in [2.24, 2.45) is 0 Å². The molecule has 1 aromatic heterocycles. The van der Waals surface area contributed by atoms with Crippen LogP contribution in [0.1, 0.15) is 11.3 Å². The molecule has 3 nitrogen and oxygen atoms in total. The minimum atomic E-state index is 0.361. The van der Waals surface area contributed by atoms with E-state index in [0.29, 0.717) is 18.2 Å². The van der Waals surface area contributed by atoms with Crippen LogP contribution in [0.4, 0.5) is 0 Å². The highest BCUT2D eigenvalue weighted by Crippen LogP contribution is 2.15. The second-order valence-electron chi connectivity index (χ2n) is 3.76. The molecule has 0 N–H and O–H groups in total. The van der Waals surface area contributed by atoms with Crippen molar-refractivity contribution in [1.29, 1.82) is 5.26 Å². The van der Waals surface area contributed by atoms with Gasteiger partial charge in [0, 0.05) is 9.65 Å². The van der Waals surface area contributed by atoms with Crippen LogP contribution in [0.15, 0.2) is 52.1 Å². The maximum absolute atomic E-state index is 8.75. The van der Waals surface area contributed by atoms with E-state index in [1.165, 1.54) is 0 Å². The van der Waals surface area contributed by atoms with Crippen molar-refractivity contribution in [2.75, 3.05) is 6.61 Å². The Morgan fingerprint density at radius 3 is 2.74 bits per heavy atom. The molecule has 0 aliphatic carbocycles. The zero-order valence-electron chi connectivity index (χ0n) is 10.1. The summed E-state index contributed by atoms with van der Waals surface area (Å²) in [5.41, 5.74) is 1.49. The second kappa shape index (κ2) is 6.90. The summed E-state index contributed by atoms with van der Waals surface area (Å²) in [6, 6.07) is 17.2. The Labute approximate surface area is 125 Å². The van der Waals surface area contributed by atoms with Crippen LogP contribution >= 0.6 is 22.6 Å². The third-order valence-electron chi connectivity index (χ3n) is 2.32. The van der Waals surface area contributed by atoms with E-state index in [2.05, 4.69) is 33.7 Å². The molecule has 1 heterocycles. The van der Waals surface area contributed by atoms with Gasteiger partial charge in [-0.05, 0) is 40.3 Å². The number of pyridine rings is 1. The number of benzene rings is 1. The lowest BCUT2D eigenvalue weighted by atomic mass is 10.2. The Morgan fingerprint density at radius 1 is 1.21 bits per heavy atom. The Kier molecular flexibility index (Phi) is 4.93. The van der Waals surface area contributed by atoms with Crippen LogP contribution in [0.25, 0.3) is 6.08 Å². The smallest absolute Gasteiger partial charge is 0.214 e. The summed E-state index contributed by atoms with van der Waals surface area (Å²) in [5, 5.41) is 8.75. The average molecular weight is 362 g/mol. The zero-order valence-corrected chi connectivity index (χ0v) is 12.2. The van der Waals surface area contributed by atoms with Crippen LogP contribution in [-0.2, 0) is 0 Å². The molecule has 94 valence electrons. The summed E-state index contributed by atoms with van der Waals surface area (Å²) < 4.78 is 6.61. The van der Waals surface area contributed by atoms with E-state index in [1.807, 2.05) is 36.4 Å². The van der Waals surface area contributed by atoms with Gasteiger partial charge in [-0.15, -0.1) is 0 Å². The number of hydrogen-bond donors (Lipinski definition) is 0. The fourth-order valence-electron chi connectivity index (χ4n) is 1.47. The molecule has 0 aliphatic rings. The topological polar surface area (TPSA) is 45.9 Å². The van der Waals surface area contributed by atoms with Crippen molar-refractivity contribution in [2.45, 2.75) is 0 Å². The SMILES string of the molecule is N#Cc1cccc(OC/C(I)=C/c2ccccc2)n1. The van der Waals surface area contributed by atoms with Crippen LogP contribution in [0.3, 0.4) is 0 Å². The van der Waals surface area contributed by atoms with E-state index in [1.54, 1.807) is 18.2 Å². The van der Waals surface area contributed by atoms with Crippen molar-refractivity contribution in [3.05, 3.63) is 63.4 Å². The molecule has 0 unspecified atom stereocenters. The van der Waals surface area contributed by atoms with E-state index in [-0.39, 0.29) is 0 Å². The molecule has 0 amide bonds. The van der Waals surface area contributed by atoms with E-state index < -0.39 is 0 Å². The first-order valence-electron chi connectivity index (χ1n) is 5.69. The molecule has 0 spiro atoms. The number of ether oxygens (including phenoxy) is 1. The molecule has 0 saturated carbocycles. The molecule has 4 heteroatoms. The lowest BCUT2D eigenvalue weighted by Gasteiger charge is -2.04. The van der Waals surface area contributed by atoms with E-state index in [0.717, 1.165) is 9.14 Å². The van der Waals surface area contributed by atoms with E-state index in [9.17, 15) is 0 Å². The predicted molar refractivity (Wildman–Crippen MR) is 82.9 cm³/mol. The predicted octanol–water partition coefficient (Wildman–Crippen LogP) is 3.81. The molecular weight excluding hydrogens is 351 g/mol. The van der Waals surface area contributed by atoms with E-state index >= 15 is 0 Å². The zero-order chi connectivity index (χ0) is 13.5. The largest absolute Gasteiger partial charge is 0.472 e. The highest BCUT2D eigenvalue weighted by atomic mass is 127. The molecule has 0 saturated heterocycles. The third kappa shape index (κ3) is 4.38. The number of nitrogens with zero attached hydrogens (tertiary/aromatic N) is 2. The maximum Gasteiger partial charge on any atom is 0.214 e. The number of rotatable bonds is 4. The summed E-state index contributed by atoms with van der Waals surface area (Å²) in [7, 11) is 0. The Hall–Kier alpha value is -1.87. The third-order valence-corrected chi connectivity index (χ3v) is 2.94. The van der Waals surface area contributed by atoms with Gasteiger partial charge in [-0.25, -0.2) is 4.98 Å². The van der Waals surface area contributed by atoms with Crippen LogP contribution in [-0.4, -0.2) is 11.6 Å². The minimum Gasteiger partial charge on any atom is -0.472 e. The fourth-order valence-corrected chi connectivity index (χ4v) is 1.99. The van der Waals surface area contributed by atoms with Gasteiger partial charge in [-0.3, -0.25) is 0 Å². The summed E-state index contributed by atoms with van der Waals surface area (Å²) in [6.45, 7) is 0.442. The van der Waals surface area contributed by atoms with Gasteiger partial charge in [0.2, 0.25) is 5.88 Å². The first-order chi connectivity index (χ1) is 9.28. The van der Waals surface area contributed by atoms with Gasteiger partial charge in [-0.2, -0.15) is 5.26 Å². The monoisotopic (exact) mass is 362 g/mol. The van der Waals surface area contributed by atoms with Gasteiger partial charge in [0.05, 0.1) is 0 Å². The molecule has 0 radical (unpaired) electrons. The Bertz CT molecular complexity index is 618. The standard InChI is InChI=1S/C15H11IN2O/c16-13(9-12-5-2-1-3-6-12)11-19-15-8-4-7-14(10-17)18-15/h1-9H,11H2/b13-9-. The highest BCUT2D eigenvalue weighted by molar-refractivity contribution is 14.1. The molecule has 0 atom stereocenters. The van der Waals surface area contributed by atoms with Crippen LogP contribution in [0, 0.1) is 11.3 Å². The average Bonchev–Trinajstić information content (AvgIpc) is 2.46. The molecule has 2 aromatic rings. The summed E-state index contributed by atoms with van der Waals surface area (Å²) in [4.78, 5) is 4.06. The normalized spacial score (nSPS) is 10.8. The lowest BCUT2D eigenvalue weighted by Crippen LogP contribution is -1.99. The van der Waals surface area contributed by atoms with Gasteiger partial charge < -0.3 is 4.74 Å². The first-order valence-corrected chi connectivity index (χ1v) is 6.77. The number of nitriles is 1. The molecular formula is C15H11IN2O. The fraction of sp³-hybridized carbons (Fsp3) is 0.0667. The number of aromatic nitrogens is 1. The van der Waals surface area contributed by atoms with Crippen molar-refractivity contribution in [3.8, 4) is 11.9 Å². The number of halogens is 1. The highest BCUT2D eigenvalue weighted by Gasteiger charge is 1.99. The Balaban J connectivity index is 1.99. The summed E-state index contributed by atoms with van der Waals surface area (Å²) >= 11 is 2.23. The summed E-state index contributed by atoms with van der Waals surface area (Å²) in [5.74, 6) is 0.467. The quantitative estimate of drug-likeness (QED) is 0.778. The van der Waals surface area contributed by atoms with Gasteiger partial charge >= 0.3 is 0 Å². The van der Waals surface area contributed by atoms with Crippen molar-refractivity contribution in [3.63, 3.8) is 0 Å². The molecule has 1 aromatic carbocycles. The summed E-state index contributed by atoms with van der Waals surface area (Å²) in [6.07, 6.45) is 2.05. The van der Waals surface area contributed by atoms with Crippen LogP contribution in [0.2, 0.25) is 0 Å². The minimum absolute atomic E-state index is 0.361. The number of hydrogen-bond acceptors (Lipinski definition) is 3. The molecule has 0 fully saturated rings. The van der Waals surface area contributed by atoms with Gasteiger partial charge in [0.1, 0.15) is 18.4 Å². The van der Waals surface area contributed by atoms with Crippen molar-refractivity contribution < 1.29 is 4.74 Å². The maximum atomic E-state index is 8.75. The van der Waals surface area contributed by atoms with E-state index in [4.69, 9.17) is 10.00 Å². The second-order valence-corrected chi connectivity index (χ2v) is 5.15. The Morgan fingerprint density at radius 2 is 2.00 bits per heavy atom. The molecule has 0 aliphatic heterocycles. The van der Waals surface area contributed by atoms with Crippen LogP contribution in [0.5, 0.6) is 5.88 Å². The molecule has 19 heavy (non-hydrogen) atoms. The van der Waals surface area contributed by atoms with Crippen molar-refractivity contribution >= 4 is 28.7 Å². The van der Waals surface area contributed by atoms with Gasteiger partial charge in [0.25, 0.3) is 0 Å². The van der Waals surface area contributed by atoms with Crippen LogP contribution < -0.4 is 4.74 Å². The van der Waals surface area contributed by atoms with Gasteiger partial charge in [-0.1, -0.05) is 36.4 Å².